The molecule has 0 spiro atoms. The largest absolute Gasteiger partial charge is 0.321 e. The van der Waals surface area contributed by atoms with Gasteiger partial charge in [0.15, 0.2) is 0 Å². The number of aromatic amines is 1. The molecule has 88 valence electrons. The van der Waals surface area contributed by atoms with Crippen LogP contribution in [0.15, 0.2) is 53.5 Å². The van der Waals surface area contributed by atoms with E-state index in [-0.39, 0.29) is 5.56 Å². The Labute approximate surface area is 108 Å². The second kappa shape index (κ2) is 4.27. The van der Waals surface area contributed by atoms with Crippen LogP contribution in [0, 0.1) is 0 Å². The summed E-state index contributed by atoms with van der Waals surface area (Å²) in [6, 6.07) is 13.0. The molecule has 0 atom stereocenters. The third-order valence-corrected chi connectivity index (χ3v) is 2.99. The monoisotopic (exact) mass is 256 g/mol. The van der Waals surface area contributed by atoms with Crippen LogP contribution in [0.4, 0.5) is 0 Å². The van der Waals surface area contributed by atoms with E-state index in [1.165, 1.54) is 0 Å². The Hall–Kier alpha value is -2.13. The first-order chi connectivity index (χ1) is 8.74. The van der Waals surface area contributed by atoms with Gasteiger partial charge in [0.2, 0.25) is 0 Å². The van der Waals surface area contributed by atoms with Gasteiger partial charge in [-0.05, 0) is 17.7 Å². The van der Waals surface area contributed by atoms with Gasteiger partial charge in [-0.2, -0.15) is 0 Å². The van der Waals surface area contributed by atoms with Gasteiger partial charge in [0.05, 0.1) is 5.52 Å². The highest BCUT2D eigenvalue weighted by Gasteiger charge is 2.05. The molecule has 0 saturated carbocycles. The number of fused-ring (bicyclic) bond motifs is 1. The second-order valence-electron chi connectivity index (χ2n) is 3.97. The van der Waals surface area contributed by atoms with E-state index in [0.29, 0.717) is 16.2 Å². The molecule has 0 bridgehead atoms. The summed E-state index contributed by atoms with van der Waals surface area (Å²) in [6.45, 7) is 0. The lowest BCUT2D eigenvalue weighted by Gasteiger charge is -2.03. The molecule has 0 radical (unpaired) electrons. The van der Waals surface area contributed by atoms with Crippen LogP contribution in [-0.2, 0) is 0 Å². The molecule has 3 nitrogen and oxygen atoms in total. The molecule has 0 aliphatic rings. The SMILES string of the molecule is O=c1[nH]c2cc(Cl)ncc2cc1-c1ccccc1. The molecule has 3 aromatic rings. The molecule has 0 fully saturated rings. The summed E-state index contributed by atoms with van der Waals surface area (Å²) < 4.78 is 0. The second-order valence-corrected chi connectivity index (χ2v) is 4.36. The van der Waals surface area contributed by atoms with Gasteiger partial charge < -0.3 is 4.98 Å². The number of halogens is 1. The molecule has 0 amide bonds. The molecule has 2 heterocycles. The fourth-order valence-corrected chi connectivity index (χ4v) is 2.06. The zero-order chi connectivity index (χ0) is 12.5. The highest BCUT2D eigenvalue weighted by atomic mass is 35.5. The summed E-state index contributed by atoms with van der Waals surface area (Å²) in [6.07, 6.45) is 1.65. The maximum absolute atomic E-state index is 12.0. The molecule has 1 N–H and O–H groups in total. The lowest BCUT2D eigenvalue weighted by atomic mass is 10.1. The third kappa shape index (κ3) is 1.89. The number of hydrogen-bond donors (Lipinski definition) is 1. The van der Waals surface area contributed by atoms with Gasteiger partial charge in [-0.1, -0.05) is 41.9 Å². The summed E-state index contributed by atoms with van der Waals surface area (Å²) in [5, 5.41) is 1.23. The Kier molecular flexibility index (Phi) is 2.61. The van der Waals surface area contributed by atoms with Crippen molar-refractivity contribution < 1.29 is 0 Å². The number of nitrogens with zero attached hydrogens (tertiary/aromatic N) is 1. The van der Waals surface area contributed by atoms with Crippen LogP contribution in [0.1, 0.15) is 0 Å². The molecule has 18 heavy (non-hydrogen) atoms. The van der Waals surface area contributed by atoms with Crippen molar-refractivity contribution in [3.8, 4) is 11.1 Å². The first-order valence-electron chi connectivity index (χ1n) is 5.48. The third-order valence-electron chi connectivity index (χ3n) is 2.78. The molecule has 4 heteroatoms. The molecular formula is C14H9ClN2O. The van der Waals surface area contributed by atoms with Gasteiger partial charge in [-0.3, -0.25) is 4.79 Å². The standard InChI is InChI=1S/C14H9ClN2O/c15-13-7-12-10(8-16-13)6-11(14(18)17-12)9-4-2-1-3-5-9/h1-8H,(H,17,18). The smallest absolute Gasteiger partial charge is 0.256 e. The van der Waals surface area contributed by atoms with E-state index in [0.717, 1.165) is 10.9 Å². The number of pyridine rings is 2. The minimum absolute atomic E-state index is 0.129. The number of aromatic nitrogens is 2. The number of benzene rings is 1. The van der Waals surface area contributed by atoms with Gasteiger partial charge in [0.1, 0.15) is 5.15 Å². The average molecular weight is 257 g/mol. The first kappa shape index (κ1) is 11.0. The van der Waals surface area contributed by atoms with Crippen LogP contribution in [0.3, 0.4) is 0 Å². The van der Waals surface area contributed by atoms with E-state index in [2.05, 4.69) is 9.97 Å². The predicted octanol–water partition coefficient (Wildman–Crippen LogP) is 3.24. The fourth-order valence-electron chi connectivity index (χ4n) is 1.91. The van der Waals surface area contributed by atoms with E-state index in [1.54, 1.807) is 12.3 Å². The van der Waals surface area contributed by atoms with Crippen molar-refractivity contribution >= 4 is 22.5 Å². The Morgan fingerprint density at radius 1 is 1.11 bits per heavy atom. The van der Waals surface area contributed by atoms with Crippen molar-refractivity contribution in [3.63, 3.8) is 0 Å². The van der Waals surface area contributed by atoms with Crippen molar-refractivity contribution in [2.24, 2.45) is 0 Å². The number of rotatable bonds is 1. The van der Waals surface area contributed by atoms with Crippen LogP contribution in [0.25, 0.3) is 22.0 Å². The highest BCUT2D eigenvalue weighted by molar-refractivity contribution is 6.30. The molecule has 3 rings (SSSR count). The van der Waals surface area contributed by atoms with Crippen LogP contribution >= 0.6 is 11.6 Å². The minimum Gasteiger partial charge on any atom is -0.321 e. The van der Waals surface area contributed by atoms with Crippen molar-refractivity contribution in [1.82, 2.24) is 9.97 Å². The summed E-state index contributed by atoms with van der Waals surface area (Å²) in [5.74, 6) is 0. The van der Waals surface area contributed by atoms with Gasteiger partial charge in [-0.15, -0.1) is 0 Å². The first-order valence-corrected chi connectivity index (χ1v) is 5.86. The lowest BCUT2D eigenvalue weighted by molar-refractivity contribution is 1.28. The molecule has 0 aliphatic heterocycles. The molecule has 0 unspecified atom stereocenters. The Morgan fingerprint density at radius 2 is 1.89 bits per heavy atom. The summed E-state index contributed by atoms with van der Waals surface area (Å²) in [7, 11) is 0. The van der Waals surface area contributed by atoms with Crippen LogP contribution in [-0.4, -0.2) is 9.97 Å². The van der Waals surface area contributed by atoms with Crippen LogP contribution < -0.4 is 5.56 Å². The van der Waals surface area contributed by atoms with E-state index in [4.69, 9.17) is 11.6 Å². The Morgan fingerprint density at radius 3 is 2.67 bits per heavy atom. The van der Waals surface area contributed by atoms with Crippen LogP contribution in [0.5, 0.6) is 0 Å². The molecular weight excluding hydrogens is 248 g/mol. The van der Waals surface area contributed by atoms with Gasteiger partial charge in [-0.25, -0.2) is 4.98 Å². The van der Waals surface area contributed by atoms with E-state index in [9.17, 15) is 4.79 Å². The zero-order valence-electron chi connectivity index (χ0n) is 9.35. The molecule has 1 aromatic carbocycles. The number of nitrogens with one attached hydrogen (secondary N) is 1. The Balaban J connectivity index is 2.29. The van der Waals surface area contributed by atoms with Gasteiger partial charge >= 0.3 is 0 Å². The van der Waals surface area contributed by atoms with Gasteiger partial charge in [0.25, 0.3) is 5.56 Å². The molecule has 2 aromatic heterocycles. The van der Waals surface area contributed by atoms with E-state index in [1.807, 2.05) is 36.4 Å². The van der Waals surface area contributed by atoms with Crippen molar-refractivity contribution in [3.05, 3.63) is 64.2 Å². The molecule has 0 saturated heterocycles. The summed E-state index contributed by atoms with van der Waals surface area (Å²) in [4.78, 5) is 18.9. The fraction of sp³-hybridized carbons (Fsp3) is 0. The summed E-state index contributed by atoms with van der Waals surface area (Å²) >= 11 is 5.79. The van der Waals surface area contributed by atoms with Crippen molar-refractivity contribution in [2.45, 2.75) is 0 Å². The number of H-pyrrole nitrogens is 1. The lowest BCUT2D eigenvalue weighted by Crippen LogP contribution is -2.08. The molecule has 0 aliphatic carbocycles. The maximum atomic E-state index is 12.0. The van der Waals surface area contributed by atoms with E-state index < -0.39 is 0 Å². The normalized spacial score (nSPS) is 10.7. The zero-order valence-corrected chi connectivity index (χ0v) is 10.1. The van der Waals surface area contributed by atoms with Gasteiger partial charge in [0, 0.05) is 17.1 Å². The topological polar surface area (TPSA) is 45.8 Å². The van der Waals surface area contributed by atoms with Crippen molar-refractivity contribution in [2.75, 3.05) is 0 Å². The predicted molar refractivity (Wildman–Crippen MR) is 72.8 cm³/mol. The minimum atomic E-state index is -0.129. The average Bonchev–Trinajstić information content (AvgIpc) is 2.39. The van der Waals surface area contributed by atoms with Crippen molar-refractivity contribution in [1.29, 1.82) is 0 Å². The Bertz CT molecular complexity index is 766. The quantitative estimate of drug-likeness (QED) is 0.680. The highest BCUT2D eigenvalue weighted by Crippen LogP contribution is 2.20. The van der Waals surface area contributed by atoms with E-state index >= 15 is 0 Å². The number of hydrogen-bond acceptors (Lipinski definition) is 2. The summed E-state index contributed by atoms with van der Waals surface area (Å²) in [5.41, 5.74) is 2.08. The van der Waals surface area contributed by atoms with Crippen LogP contribution in [0.2, 0.25) is 5.15 Å². The maximum Gasteiger partial charge on any atom is 0.256 e.